The van der Waals surface area contributed by atoms with E-state index < -0.39 is 12.0 Å². The fourth-order valence-electron chi connectivity index (χ4n) is 1.33. The first kappa shape index (κ1) is 9.26. The third-order valence-electron chi connectivity index (χ3n) is 1.99. The van der Waals surface area contributed by atoms with Crippen LogP contribution in [-0.2, 0) is 4.74 Å². The van der Waals surface area contributed by atoms with Crippen LogP contribution in [0.2, 0.25) is 0 Å². The van der Waals surface area contributed by atoms with Gasteiger partial charge in [0.15, 0.2) is 0 Å². The van der Waals surface area contributed by atoms with E-state index in [0.717, 1.165) is 6.07 Å². The maximum atomic E-state index is 12.7. The summed E-state index contributed by atoms with van der Waals surface area (Å²) in [5.41, 5.74) is 0. The second-order valence-electron chi connectivity index (χ2n) is 2.92. The highest BCUT2D eigenvalue weighted by atomic mass is 19.1. The van der Waals surface area contributed by atoms with Crippen LogP contribution in [0.4, 0.5) is 14.6 Å². The molecule has 0 aromatic carbocycles. The molecule has 0 radical (unpaired) electrons. The fourth-order valence-corrected chi connectivity index (χ4v) is 1.33. The fraction of sp³-hybridized carbons (Fsp3) is 0.500. The maximum Gasteiger partial charge on any atom is 0.313 e. The molecule has 0 atom stereocenters. The van der Waals surface area contributed by atoms with E-state index in [2.05, 4.69) is 9.97 Å². The molecule has 0 aliphatic carbocycles. The van der Waals surface area contributed by atoms with Crippen molar-refractivity contribution in [2.45, 2.75) is 0 Å². The number of halogens is 2. The van der Waals surface area contributed by atoms with Gasteiger partial charge in [-0.1, -0.05) is 0 Å². The van der Waals surface area contributed by atoms with Crippen molar-refractivity contribution in [3.8, 4) is 0 Å². The highest BCUT2D eigenvalue weighted by Crippen LogP contribution is 2.13. The van der Waals surface area contributed by atoms with Crippen LogP contribution in [0.3, 0.4) is 0 Å². The summed E-state index contributed by atoms with van der Waals surface area (Å²) in [5.74, 6) is -0.572. The van der Waals surface area contributed by atoms with Crippen LogP contribution in [-0.4, -0.2) is 36.3 Å². The molecule has 6 heteroatoms. The lowest BCUT2D eigenvalue weighted by Crippen LogP contribution is -2.37. The lowest BCUT2D eigenvalue weighted by molar-refractivity contribution is 0.122. The van der Waals surface area contributed by atoms with Crippen molar-refractivity contribution in [2.24, 2.45) is 0 Å². The van der Waals surface area contributed by atoms with Gasteiger partial charge in [-0.25, -0.2) is 0 Å². The summed E-state index contributed by atoms with van der Waals surface area (Å²) in [6.45, 7) is 2.28. The largest absolute Gasteiger partial charge is 0.378 e. The highest BCUT2D eigenvalue weighted by Gasteiger charge is 2.14. The lowest BCUT2D eigenvalue weighted by Gasteiger charge is -2.27. The van der Waals surface area contributed by atoms with Gasteiger partial charge in [0.25, 0.3) is 0 Å². The Morgan fingerprint density at radius 3 is 2.57 bits per heavy atom. The van der Waals surface area contributed by atoms with Crippen molar-refractivity contribution >= 4 is 5.82 Å². The SMILES string of the molecule is Fc1cc(N2CCOCC2)nc(F)n1. The number of morpholine rings is 1. The van der Waals surface area contributed by atoms with Crippen LogP contribution >= 0.6 is 0 Å². The van der Waals surface area contributed by atoms with Gasteiger partial charge < -0.3 is 9.64 Å². The summed E-state index contributed by atoms with van der Waals surface area (Å²) in [4.78, 5) is 8.20. The number of ether oxygens (including phenoxy) is 1. The molecule has 0 unspecified atom stereocenters. The number of hydrogen-bond acceptors (Lipinski definition) is 4. The second kappa shape index (κ2) is 3.83. The molecule has 1 aliphatic rings. The van der Waals surface area contributed by atoms with Gasteiger partial charge in [0.05, 0.1) is 13.2 Å². The Morgan fingerprint density at radius 2 is 1.93 bits per heavy atom. The van der Waals surface area contributed by atoms with Crippen LogP contribution < -0.4 is 4.90 Å². The van der Waals surface area contributed by atoms with E-state index in [9.17, 15) is 8.78 Å². The molecule has 0 saturated carbocycles. The first-order valence-electron chi connectivity index (χ1n) is 4.28. The van der Waals surface area contributed by atoms with Gasteiger partial charge in [0, 0.05) is 19.2 Å². The van der Waals surface area contributed by atoms with Gasteiger partial charge in [0.1, 0.15) is 5.82 Å². The van der Waals surface area contributed by atoms with Crippen LogP contribution in [0.5, 0.6) is 0 Å². The van der Waals surface area contributed by atoms with Gasteiger partial charge in [-0.15, -0.1) is 0 Å². The van der Waals surface area contributed by atoms with E-state index in [1.807, 2.05) is 0 Å². The van der Waals surface area contributed by atoms with Crippen LogP contribution in [0.15, 0.2) is 6.07 Å². The Morgan fingerprint density at radius 1 is 1.21 bits per heavy atom. The molecule has 0 N–H and O–H groups in total. The predicted molar refractivity (Wildman–Crippen MR) is 45.0 cm³/mol. The molecule has 0 spiro atoms. The summed E-state index contributed by atoms with van der Waals surface area (Å²) < 4.78 is 30.5. The van der Waals surface area contributed by atoms with E-state index >= 15 is 0 Å². The van der Waals surface area contributed by atoms with Crippen molar-refractivity contribution in [1.29, 1.82) is 0 Å². The van der Waals surface area contributed by atoms with Crippen molar-refractivity contribution in [3.63, 3.8) is 0 Å². The number of anilines is 1. The van der Waals surface area contributed by atoms with Gasteiger partial charge in [0.2, 0.25) is 5.95 Å². The Hall–Kier alpha value is -1.30. The normalized spacial score (nSPS) is 17.1. The topological polar surface area (TPSA) is 38.2 Å². The van der Waals surface area contributed by atoms with Crippen molar-refractivity contribution < 1.29 is 13.5 Å². The molecule has 1 aromatic rings. The monoisotopic (exact) mass is 201 g/mol. The molecular weight excluding hydrogens is 192 g/mol. The zero-order valence-electron chi connectivity index (χ0n) is 7.41. The quantitative estimate of drug-likeness (QED) is 0.492. The molecule has 1 aromatic heterocycles. The van der Waals surface area contributed by atoms with Crippen molar-refractivity contribution in [3.05, 3.63) is 18.1 Å². The first-order valence-corrected chi connectivity index (χ1v) is 4.28. The van der Waals surface area contributed by atoms with Gasteiger partial charge >= 0.3 is 6.08 Å². The molecule has 2 rings (SSSR count). The van der Waals surface area contributed by atoms with Gasteiger partial charge in [-0.05, 0) is 0 Å². The zero-order valence-corrected chi connectivity index (χ0v) is 7.41. The lowest BCUT2D eigenvalue weighted by atomic mass is 10.4. The summed E-state index contributed by atoms with van der Waals surface area (Å²) in [7, 11) is 0. The molecule has 1 saturated heterocycles. The molecule has 0 bridgehead atoms. The Bertz CT molecular complexity index is 308. The number of rotatable bonds is 1. The Kier molecular flexibility index (Phi) is 2.53. The predicted octanol–water partition coefficient (Wildman–Crippen LogP) is 0.591. The number of hydrogen-bond donors (Lipinski definition) is 0. The summed E-state index contributed by atoms with van der Waals surface area (Å²) in [5, 5.41) is 0. The smallest absolute Gasteiger partial charge is 0.313 e. The standard InChI is InChI=1S/C8H9F2N3O/c9-6-5-7(12-8(10)11-6)13-1-3-14-4-2-13/h5H,1-4H2. The van der Waals surface area contributed by atoms with Crippen molar-refractivity contribution in [1.82, 2.24) is 9.97 Å². The Balaban J connectivity index is 2.21. The molecule has 76 valence electrons. The zero-order chi connectivity index (χ0) is 9.97. The first-order chi connectivity index (χ1) is 6.75. The van der Waals surface area contributed by atoms with Crippen molar-refractivity contribution in [2.75, 3.05) is 31.2 Å². The van der Waals surface area contributed by atoms with E-state index in [-0.39, 0.29) is 5.82 Å². The minimum Gasteiger partial charge on any atom is -0.378 e. The minimum absolute atomic E-state index is 0.276. The van der Waals surface area contributed by atoms with E-state index in [4.69, 9.17) is 4.74 Å². The molecule has 2 heterocycles. The molecule has 1 fully saturated rings. The summed E-state index contributed by atoms with van der Waals surface area (Å²) in [6.07, 6.45) is -1.04. The van der Waals surface area contributed by atoms with Crippen LogP contribution in [0.1, 0.15) is 0 Å². The average molecular weight is 201 g/mol. The number of aromatic nitrogens is 2. The molecular formula is C8H9F2N3O. The molecule has 0 amide bonds. The van der Waals surface area contributed by atoms with Crippen LogP contribution in [0.25, 0.3) is 0 Å². The third-order valence-corrected chi connectivity index (χ3v) is 1.99. The van der Waals surface area contributed by atoms with Crippen LogP contribution in [0, 0.1) is 12.0 Å². The van der Waals surface area contributed by atoms with E-state index in [0.29, 0.717) is 26.3 Å². The second-order valence-corrected chi connectivity index (χ2v) is 2.92. The third kappa shape index (κ3) is 1.95. The summed E-state index contributed by atoms with van der Waals surface area (Å²) >= 11 is 0. The highest BCUT2D eigenvalue weighted by molar-refractivity contribution is 5.37. The van der Waals surface area contributed by atoms with E-state index in [1.165, 1.54) is 0 Å². The maximum absolute atomic E-state index is 12.7. The molecule has 4 nitrogen and oxygen atoms in total. The van der Waals surface area contributed by atoms with E-state index in [1.54, 1.807) is 4.90 Å². The molecule has 1 aliphatic heterocycles. The summed E-state index contributed by atoms with van der Waals surface area (Å²) in [6, 6.07) is 1.12. The average Bonchev–Trinajstić information content (AvgIpc) is 2.18. The Labute approximate surface area is 79.5 Å². The number of nitrogens with zero attached hydrogens (tertiary/aromatic N) is 3. The van der Waals surface area contributed by atoms with Gasteiger partial charge in [-0.2, -0.15) is 18.7 Å². The molecule has 14 heavy (non-hydrogen) atoms. The minimum atomic E-state index is -1.04. The van der Waals surface area contributed by atoms with Gasteiger partial charge in [-0.3, -0.25) is 0 Å².